The van der Waals surface area contributed by atoms with Gasteiger partial charge in [0.2, 0.25) is 5.82 Å². The van der Waals surface area contributed by atoms with Gasteiger partial charge in [0.25, 0.3) is 0 Å². The van der Waals surface area contributed by atoms with Gasteiger partial charge in [-0.15, -0.1) is 0 Å². The van der Waals surface area contributed by atoms with Crippen LogP contribution in [-0.2, 0) is 0 Å². The van der Waals surface area contributed by atoms with Gasteiger partial charge >= 0.3 is 5.69 Å². The monoisotopic (exact) mass is 279 g/mol. The standard InChI is InChI=1S/C13H11F2N3O2/c1-8(11-4-2-3-5-16-11)17-12-7-9(14)6-10(15)13(12)18(19)20/h2-8,17H,1H3. The lowest BCUT2D eigenvalue weighted by Gasteiger charge is -2.15. The minimum Gasteiger partial charge on any atom is -0.371 e. The van der Waals surface area contributed by atoms with E-state index in [0.29, 0.717) is 11.8 Å². The molecule has 5 nitrogen and oxygen atoms in total. The predicted octanol–water partition coefficient (Wildman–Crippen LogP) is 3.44. The molecule has 2 aromatic rings. The number of pyridine rings is 1. The number of halogens is 2. The first-order chi connectivity index (χ1) is 9.49. The Labute approximate surface area is 113 Å². The van der Waals surface area contributed by atoms with E-state index in [-0.39, 0.29) is 5.69 Å². The van der Waals surface area contributed by atoms with Gasteiger partial charge in [0.15, 0.2) is 0 Å². The zero-order valence-corrected chi connectivity index (χ0v) is 10.5. The number of nitro groups is 1. The first kappa shape index (κ1) is 13.9. The summed E-state index contributed by atoms with van der Waals surface area (Å²) in [6, 6.07) is 6.12. The number of hydrogen-bond acceptors (Lipinski definition) is 4. The molecule has 0 spiro atoms. The molecule has 0 fully saturated rings. The van der Waals surface area contributed by atoms with Crippen LogP contribution < -0.4 is 5.32 Å². The van der Waals surface area contributed by atoms with Gasteiger partial charge in [-0.1, -0.05) is 6.07 Å². The Bertz CT molecular complexity index is 635. The Morgan fingerprint density at radius 3 is 2.70 bits per heavy atom. The van der Waals surface area contributed by atoms with Crippen molar-refractivity contribution in [1.29, 1.82) is 0 Å². The van der Waals surface area contributed by atoms with Gasteiger partial charge in [0.05, 0.1) is 16.7 Å². The Morgan fingerprint density at radius 2 is 2.10 bits per heavy atom. The molecule has 104 valence electrons. The number of nitrogens with one attached hydrogen (secondary N) is 1. The maximum atomic E-state index is 13.5. The molecule has 0 saturated heterocycles. The third-order valence-corrected chi connectivity index (χ3v) is 2.71. The maximum absolute atomic E-state index is 13.5. The third kappa shape index (κ3) is 2.87. The van der Waals surface area contributed by atoms with Crippen LogP contribution in [0.15, 0.2) is 36.5 Å². The van der Waals surface area contributed by atoms with Crippen LogP contribution in [-0.4, -0.2) is 9.91 Å². The lowest BCUT2D eigenvalue weighted by molar-refractivity contribution is -0.386. The molecule has 0 radical (unpaired) electrons. The summed E-state index contributed by atoms with van der Waals surface area (Å²) in [5.41, 5.74) is -0.397. The van der Waals surface area contributed by atoms with Crippen molar-refractivity contribution in [2.75, 3.05) is 5.32 Å². The topological polar surface area (TPSA) is 68.1 Å². The van der Waals surface area contributed by atoms with Crippen molar-refractivity contribution in [2.45, 2.75) is 13.0 Å². The highest BCUT2D eigenvalue weighted by Gasteiger charge is 2.23. The molecule has 7 heteroatoms. The molecule has 0 aliphatic heterocycles. The summed E-state index contributed by atoms with van der Waals surface area (Å²) in [6.07, 6.45) is 1.56. The number of nitrogens with zero attached hydrogens (tertiary/aromatic N) is 2. The van der Waals surface area contributed by atoms with Crippen LogP contribution in [0.25, 0.3) is 0 Å². The van der Waals surface area contributed by atoms with E-state index in [1.165, 1.54) is 0 Å². The molecular weight excluding hydrogens is 268 g/mol. The Morgan fingerprint density at radius 1 is 1.35 bits per heavy atom. The van der Waals surface area contributed by atoms with E-state index in [1.807, 2.05) is 0 Å². The van der Waals surface area contributed by atoms with Gasteiger partial charge in [-0.3, -0.25) is 15.1 Å². The summed E-state index contributed by atoms with van der Waals surface area (Å²) in [5, 5.41) is 13.6. The van der Waals surface area contributed by atoms with E-state index < -0.39 is 28.3 Å². The summed E-state index contributed by atoms with van der Waals surface area (Å²) in [4.78, 5) is 14.0. The average Bonchev–Trinajstić information content (AvgIpc) is 2.38. The molecule has 1 unspecified atom stereocenters. The highest BCUT2D eigenvalue weighted by Crippen LogP contribution is 2.31. The average molecular weight is 279 g/mol. The first-order valence-corrected chi connectivity index (χ1v) is 5.80. The molecule has 1 atom stereocenters. The molecule has 0 bridgehead atoms. The van der Waals surface area contributed by atoms with Gasteiger partial charge in [-0.2, -0.15) is 4.39 Å². The predicted molar refractivity (Wildman–Crippen MR) is 69.3 cm³/mol. The van der Waals surface area contributed by atoms with Gasteiger partial charge in [-0.05, 0) is 19.1 Å². The molecule has 0 aliphatic rings. The van der Waals surface area contributed by atoms with E-state index in [4.69, 9.17) is 0 Å². The normalized spacial score (nSPS) is 11.9. The van der Waals surface area contributed by atoms with Crippen molar-refractivity contribution in [1.82, 2.24) is 4.98 Å². The van der Waals surface area contributed by atoms with Crippen molar-refractivity contribution in [3.05, 3.63) is 64.0 Å². The van der Waals surface area contributed by atoms with Crippen LogP contribution in [0.1, 0.15) is 18.7 Å². The van der Waals surface area contributed by atoms with Crippen LogP contribution >= 0.6 is 0 Å². The van der Waals surface area contributed by atoms with E-state index in [2.05, 4.69) is 10.3 Å². The molecule has 0 aliphatic carbocycles. The first-order valence-electron chi connectivity index (χ1n) is 5.80. The second-order valence-corrected chi connectivity index (χ2v) is 4.16. The Kier molecular flexibility index (Phi) is 3.88. The Hall–Kier alpha value is -2.57. The van der Waals surface area contributed by atoms with Crippen molar-refractivity contribution in [3.8, 4) is 0 Å². The number of nitro benzene ring substituents is 1. The van der Waals surface area contributed by atoms with Crippen LogP contribution in [0.3, 0.4) is 0 Å². The number of hydrogen-bond donors (Lipinski definition) is 1. The molecule has 20 heavy (non-hydrogen) atoms. The second-order valence-electron chi connectivity index (χ2n) is 4.16. The molecule has 0 saturated carbocycles. The summed E-state index contributed by atoms with van der Waals surface area (Å²) in [5.74, 6) is -2.10. The zero-order chi connectivity index (χ0) is 14.7. The molecule has 1 aromatic heterocycles. The van der Waals surface area contributed by atoms with Crippen molar-refractivity contribution in [2.24, 2.45) is 0 Å². The van der Waals surface area contributed by atoms with Crippen LogP contribution in [0, 0.1) is 21.7 Å². The molecule has 1 aromatic carbocycles. The highest BCUT2D eigenvalue weighted by molar-refractivity contribution is 5.63. The SMILES string of the molecule is CC(Nc1cc(F)cc(F)c1[N+](=O)[O-])c1ccccn1. The van der Waals surface area contributed by atoms with Gasteiger partial charge in [-0.25, -0.2) is 4.39 Å². The largest absolute Gasteiger partial charge is 0.371 e. The van der Waals surface area contributed by atoms with Crippen LogP contribution in [0.5, 0.6) is 0 Å². The maximum Gasteiger partial charge on any atom is 0.327 e. The number of anilines is 1. The van der Waals surface area contributed by atoms with E-state index >= 15 is 0 Å². The quantitative estimate of drug-likeness (QED) is 0.687. The van der Waals surface area contributed by atoms with Gasteiger partial charge in [0.1, 0.15) is 11.5 Å². The van der Waals surface area contributed by atoms with E-state index in [9.17, 15) is 18.9 Å². The smallest absolute Gasteiger partial charge is 0.327 e. The summed E-state index contributed by atoms with van der Waals surface area (Å²) in [6.45, 7) is 1.69. The lowest BCUT2D eigenvalue weighted by atomic mass is 10.2. The van der Waals surface area contributed by atoms with Crippen molar-refractivity contribution >= 4 is 11.4 Å². The second kappa shape index (κ2) is 5.60. The summed E-state index contributed by atoms with van der Waals surface area (Å²) >= 11 is 0. The minimum atomic E-state index is -1.22. The molecule has 2 rings (SSSR count). The fourth-order valence-electron chi connectivity index (χ4n) is 1.80. The number of benzene rings is 1. The number of rotatable bonds is 4. The zero-order valence-electron chi connectivity index (χ0n) is 10.5. The highest BCUT2D eigenvalue weighted by atomic mass is 19.1. The number of aromatic nitrogens is 1. The van der Waals surface area contributed by atoms with Crippen LogP contribution in [0.2, 0.25) is 0 Å². The van der Waals surface area contributed by atoms with Gasteiger partial charge in [0, 0.05) is 18.3 Å². The van der Waals surface area contributed by atoms with Crippen molar-refractivity contribution < 1.29 is 13.7 Å². The fraction of sp³-hybridized carbons (Fsp3) is 0.154. The van der Waals surface area contributed by atoms with E-state index in [1.54, 1.807) is 31.3 Å². The minimum absolute atomic E-state index is 0.217. The lowest BCUT2D eigenvalue weighted by Crippen LogP contribution is -2.10. The summed E-state index contributed by atoms with van der Waals surface area (Å²) in [7, 11) is 0. The van der Waals surface area contributed by atoms with Gasteiger partial charge < -0.3 is 5.32 Å². The fourth-order valence-corrected chi connectivity index (χ4v) is 1.80. The third-order valence-electron chi connectivity index (χ3n) is 2.71. The molecule has 1 heterocycles. The molecule has 1 N–H and O–H groups in total. The molecular formula is C13H11F2N3O2. The van der Waals surface area contributed by atoms with E-state index in [0.717, 1.165) is 6.07 Å². The van der Waals surface area contributed by atoms with Crippen LogP contribution in [0.4, 0.5) is 20.2 Å². The summed E-state index contributed by atoms with van der Waals surface area (Å²) < 4.78 is 26.7. The Balaban J connectivity index is 2.36. The van der Waals surface area contributed by atoms with Crippen molar-refractivity contribution in [3.63, 3.8) is 0 Å². The molecule has 0 amide bonds.